The Bertz CT molecular complexity index is 553. The molecule has 128 valence electrons. The van der Waals surface area contributed by atoms with Crippen LogP contribution in [0, 0.1) is 11.3 Å². The molecule has 0 saturated carbocycles. The topological polar surface area (TPSA) is 28.0 Å². The Hall–Kier alpha value is -1.22. The third-order valence-electron chi connectivity index (χ3n) is 5.91. The van der Waals surface area contributed by atoms with E-state index in [1.54, 1.807) is 5.57 Å². The summed E-state index contributed by atoms with van der Waals surface area (Å²) in [4.78, 5) is 11.1. The molecule has 1 aliphatic carbocycles. The van der Waals surface area contributed by atoms with E-state index in [2.05, 4.69) is 55.0 Å². The molecular formula is C20H33N3. The van der Waals surface area contributed by atoms with Crippen LogP contribution in [0.5, 0.6) is 0 Å². The van der Waals surface area contributed by atoms with Crippen LogP contribution < -0.4 is 0 Å². The first-order valence-corrected chi connectivity index (χ1v) is 8.86. The molecule has 0 aromatic rings. The Balaban J connectivity index is 2.31. The van der Waals surface area contributed by atoms with Crippen molar-refractivity contribution in [3.8, 4) is 0 Å². The summed E-state index contributed by atoms with van der Waals surface area (Å²) >= 11 is 0. The predicted molar refractivity (Wildman–Crippen MR) is 102 cm³/mol. The van der Waals surface area contributed by atoms with Gasteiger partial charge in [-0.25, -0.2) is 0 Å². The minimum Gasteiger partial charge on any atom is -0.305 e. The predicted octanol–water partition coefficient (Wildman–Crippen LogP) is 4.16. The van der Waals surface area contributed by atoms with Crippen LogP contribution in [0.15, 0.2) is 32.8 Å². The van der Waals surface area contributed by atoms with Gasteiger partial charge in [-0.15, -0.1) is 0 Å². The normalized spacial score (nSPS) is 28.1. The highest BCUT2D eigenvalue weighted by atomic mass is 15.1. The molecule has 1 aliphatic heterocycles. The first-order valence-electron chi connectivity index (χ1n) is 8.86. The van der Waals surface area contributed by atoms with Crippen molar-refractivity contribution >= 4 is 11.9 Å². The standard InChI is InChI=1S/C20H33N3/c1-15-11-19-9-10-23(6)14-20(19,12-18(15)13-21-4)16(2)7-8-17(3)22-5/h11,13,16H,7-10,12,14H2,1-6H3/b21-13-,22-17-. The molecule has 2 unspecified atom stereocenters. The van der Waals surface area contributed by atoms with E-state index in [0.29, 0.717) is 5.92 Å². The van der Waals surface area contributed by atoms with E-state index < -0.39 is 0 Å². The van der Waals surface area contributed by atoms with Gasteiger partial charge in [0, 0.05) is 44.5 Å². The maximum Gasteiger partial charge on any atom is 0.0277 e. The summed E-state index contributed by atoms with van der Waals surface area (Å²) in [6.45, 7) is 9.17. The number of hydrogen-bond acceptors (Lipinski definition) is 3. The van der Waals surface area contributed by atoms with Crippen molar-refractivity contribution < 1.29 is 0 Å². The van der Waals surface area contributed by atoms with Crippen molar-refractivity contribution in [3.63, 3.8) is 0 Å². The monoisotopic (exact) mass is 315 g/mol. The highest BCUT2D eigenvalue weighted by molar-refractivity contribution is 5.82. The van der Waals surface area contributed by atoms with Gasteiger partial charge < -0.3 is 4.90 Å². The lowest BCUT2D eigenvalue weighted by Crippen LogP contribution is -2.48. The lowest BCUT2D eigenvalue weighted by Gasteiger charge is -2.50. The molecule has 0 bridgehead atoms. The van der Waals surface area contributed by atoms with Gasteiger partial charge in [-0.1, -0.05) is 18.6 Å². The summed E-state index contributed by atoms with van der Waals surface area (Å²) in [6, 6.07) is 0. The number of piperidine rings is 1. The minimum absolute atomic E-state index is 0.275. The van der Waals surface area contributed by atoms with Gasteiger partial charge in [0.2, 0.25) is 0 Å². The number of aliphatic imine (C=N–C) groups is 2. The molecular weight excluding hydrogens is 282 g/mol. The first-order chi connectivity index (χ1) is 10.9. The van der Waals surface area contributed by atoms with Gasteiger partial charge in [0.05, 0.1) is 0 Å². The van der Waals surface area contributed by atoms with Crippen LogP contribution in [0.2, 0.25) is 0 Å². The number of likely N-dealkylation sites (tertiary alicyclic amines) is 1. The zero-order valence-corrected chi connectivity index (χ0v) is 15.8. The molecule has 0 N–H and O–H groups in total. The van der Waals surface area contributed by atoms with Crippen molar-refractivity contribution in [2.75, 3.05) is 34.2 Å². The van der Waals surface area contributed by atoms with Crippen molar-refractivity contribution in [1.29, 1.82) is 0 Å². The first kappa shape index (κ1) is 18.1. The Morgan fingerprint density at radius 3 is 2.83 bits per heavy atom. The fourth-order valence-corrected chi connectivity index (χ4v) is 4.20. The summed E-state index contributed by atoms with van der Waals surface area (Å²) in [7, 11) is 6.05. The summed E-state index contributed by atoms with van der Waals surface area (Å²) < 4.78 is 0. The molecule has 3 heteroatoms. The lowest BCUT2D eigenvalue weighted by molar-refractivity contribution is 0.105. The van der Waals surface area contributed by atoms with Gasteiger partial charge >= 0.3 is 0 Å². The van der Waals surface area contributed by atoms with E-state index >= 15 is 0 Å². The van der Waals surface area contributed by atoms with E-state index in [4.69, 9.17) is 0 Å². The molecule has 0 spiro atoms. The molecule has 3 nitrogen and oxygen atoms in total. The van der Waals surface area contributed by atoms with Gasteiger partial charge in [0.15, 0.2) is 0 Å². The largest absolute Gasteiger partial charge is 0.305 e. The highest BCUT2D eigenvalue weighted by Crippen LogP contribution is 2.50. The summed E-state index contributed by atoms with van der Waals surface area (Å²) in [5.41, 5.74) is 6.03. The van der Waals surface area contributed by atoms with Crippen LogP contribution in [0.3, 0.4) is 0 Å². The fraction of sp³-hybridized carbons (Fsp3) is 0.700. The molecule has 2 atom stereocenters. The molecule has 2 aliphatic rings. The maximum atomic E-state index is 4.34. The Morgan fingerprint density at radius 1 is 1.43 bits per heavy atom. The second-order valence-corrected chi connectivity index (χ2v) is 7.48. The number of rotatable bonds is 5. The van der Waals surface area contributed by atoms with Crippen molar-refractivity contribution in [1.82, 2.24) is 4.90 Å². The molecule has 0 aromatic carbocycles. The lowest BCUT2D eigenvalue weighted by atomic mass is 9.60. The van der Waals surface area contributed by atoms with Crippen molar-refractivity contribution in [2.45, 2.75) is 46.5 Å². The Morgan fingerprint density at radius 2 is 2.17 bits per heavy atom. The molecule has 2 rings (SSSR count). The van der Waals surface area contributed by atoms with E-state index in [9.17, 15) is 0 Å². The number of nitrogens with zero attached hydrogens (tertiary/aromatic N) is 3. The molecule has 0 aromatic heterocycles. The second kappa shape index (κ2) is 7.57. The SMILES string of the molecule is C/N=C\C1=C(C)C=C2CCN(C)CC2(C(C)CC/C(C)=N\C)C1. The van der Waals surface area contributed by atoms with E-state index in [1.807, 2.05) is 14.1 Å². The smallest absolute Gasteiger partial charge is 0.0277 e. The van der Waals surface area contributed by atoms with Crippen LogP contribution in [-0.4, -0.2) is 51.1 Å². The average molecular weight is 316 g/mol. The molecule has 0 radical (unpaired) electrons. The second-order valence-electron chi connectivity index (χ2n) is 7.48. The molecule has 23 heavy (non-hydrogen) atoms. The van der Waals surface area contributed by atoms with E-state index in [1.165, 1.54) is 36.2 Å². The van der Waals surface area contributed by atoms with Crippen LogP contribution in [0.4, 0.5) is 0 Å². The number of fused-ring (bicyclic) bond motifs is 1. The summed E-state index contributed by atoms with van der Waals surface area (Å²) in [5, 5.41) is 0. The van der Waals surface area contributed by atoms with Crippen LogP contribution in [-0.2, 0) is 0 Å². The highest BCUT2D eigenvalue weighted by Gasteiger charge is 2.44. The molecule has 1 fully saturated rings. The van der Waals surface area contributed by atoms with Crippen molar-refractivity contribution in [2.24, 2.45) is 21.3 Å². The third-order valence-corrected chi connectivity index (χ3v) is 5.91. The van der Waals surface area contributed by atoms with Gasteiger partial charge in [-0.05, 0) is 63.6 Å². The average Bonchev–Trinajstić information content (AvgIpc) is 2.53. The van der Waals surface area contributed by atoms with Gasteiger partial charge in [0.25, 0.3) is 0 Å². The van der Waals surface area contributed by atoms with E-state index in [-0.39, 0.29) is 5.41 Å². The zero-order valence-electron chi connectivity index (χ0n) is 15.8. The number of allylic oxidation sites excluding steroid dienone is 3. The van der Waals surface area contributed by atoms with Crippen LogP contribution in [0.1, 0.15) is 46.5 Å². The Kier molecular flexibility index (Phi) is 5.96. The fourth-order valence-electron chi connectivity index (χ4n) is 4.20. The molecule has 1 heterocycles. The quantitative estimate of drug-likeness (QED) is 0.700. The van der Waals surface area contributed by atoms with Crippen molar-refractivity contribution in [3.05, 3.63) is 22.8 Å². The van der Waals surface area contributed by atoms with Crippen LogP contribution in [0.25, 0.3) is 0 Å². The van der Waals surface area contributed by atoms with E-state index in [0.717, 1.165) is 19.4 Å². The van der Waals surface area contributed by atoms with Gasteiger partial charge in [-0.3, -0.25) is 9.98 Å². The molecule has 1 saturated heterocycles. The Labute approximate surface area is 142 Å². The maximum absolute atomic E-state index is 4.34. The summed E-state index contributed by atoms with van der Waals surface area (Å²) in [5.74, 6) is 0.654. The van der Waals surface area contributed by atoms with Gasteiger partial charge in [-0.2, -0.15) is 0 Å². The summed E-state index contributed by atoms with van der Waals surface area (Å²) in [6.07, 6.45) is 9.20. The number of hydrogen-bond donors (Lipinski definition) is 0. The minimum atomic E-state index is 0.275. The zero-order chi connectivity index (χ0) is 17.0. The molecule has 0 amide bonds. The van der Waals surface area contributed by atoms with Crippen LogP contribution >= 0.6 is 0 Å². The van der Waals surface area contributed by atoms with Gasteiger partial charge in [0.1, 0.15) is 0 Å². The third kappa shape index (κ3) is 3.82.